The molecular weight excluding hydrogens is 265 g/mol. The number of aldehydes is 1. The molecule has 0 spiro atoms. The van der Waals surface area contributed by atoms with Gasteiger partial charge in [0.25, 0.3) is 0 Å². The Labute approximate surface area is 85.3 Å². The van der Waals surface area contributed by atoms with Gasteiger partial charge in [-0.3, -0.25) is 0 Å². The number of nitrogens with two attached hydrogens (primary N) is 1. The van der Waals surface area contributed by atoms with Crippen molar-refractivity contribution in [2.45, 2.75) is 12.8 Å². The third-order valence-corrected chi connectivity index (χ3v) is 2.69. The number of hydrogen-bond acceptors (Lipinski definition) is 2. The van der Waals surface area contributed by atoms with Gasteiger partial charge in [0.05, 0.1) is 0 Å². The normalized spacial score (nSPS) is 12.5. The number of hydrogen-bond donors (Lipinski definition) is 1. The SMILES string of the molecule is CC(C=O)c1c(N)cccc1I. The highest BCUT2D eigenvalue weighted by atomic mass is 127. The number of carbonyl (C=O) groups excluding carboxylic acids is 1. The van der Waals surface area contributed by atoms with Crippen molar-refractivity contribution in [2.75, 3.05) is 5.73 Å². The van der Waals surface area contributed by atoms with E-state index in [-0.39, 0.29) is 5.92 Å². The Morgan fingerprint density at radius 2 is 2.25 bits per heavy atom. The van der Waals surface area contributed by atoms with Gasteiger partial charge in [-0.15, -0.1) is 0 Å². The van der Waals surface area contributed by atoms with Crippen molar-refractivity contribution in [2.24, 2.45) is 0 Å². The Hall–Kier alpha value is -0.580. The number of benzene rings is 1. The Morgan fingerprint density at radius 3 is 2.75 bits per heavy atom. The zero-order valence-corrected chi connectivity index (χ0v) is 8.91. The number of nitrogen functional groups attached to an aromatic ring is 1. The molecule has 12 heavy (non-hydrogen) atoms. The summed E-state index contributed by atoms with van der Waals surface area (Å²) in [6.45, 7) is 1.85. The molecule has 0 aliphatic rings. The molecule has 0 aliphatic carbocycles. The lowest BCUT2D eigenvalue weighted by Gasteiger charge is -2.09. The van der Waals surface area contributed by atoms with Crippen LogP contribution in [0.4, 0.5) is 5.69 Å². The van der Waals surface area contributed by atoms with Crippen LogP contribution in [0.2, 0.25) is 0 Å². The lowest BCUT2D eigenvalue weighted by Crippen LogP contribution is -2.02. The Kier molecular flexibility index (Phi) is 3.08. The van der Waals surface area contributed by atoms with Gasteiger partial charge in [0.2, 0.25) is 0 Å². The maximum absolute atomic E-state index is 10.6. The molecule has 0 amide bonds. The summed E-state index contributed by atoms with van der Waals surface area (Å²) < 4.78 is 1.05. The summed E-state index contributed by atoms with van der Waals surface area (Å²) in [5.74, 6) is -0.113. The summed E-state index contributed by atoms with van der Waals surface area (Å²) in [7, 11) is 0. The monoisotopic (exact) mass is 275 g/mol. The molecule has 1 rings (SSSR count). The van der Waals surface area contributed by atoms with Crippen LogP contribution in [0.3, 0.4) is 0 Å². The van der Waals surface area contributed by atoms with Crippen molar-refractivity contribution in [1.82, 2.24) is 0 Å². The van der Waals surface area contributed by atoms with Gasteiger partial charge in [0.15, 0.2) is 0 Å². The number of halogens is 1. The largest absolute Gasteiger partial charge is 0.398 e. The van der Waals surface area contributed by atoms with Crippen LogP contribution < -0.4 is 5.73 Å². The molecule has 0 fully saturated rings. The van der Waals surface area contributed by atoms with Crippen molar-refractivity contribution in [1.29, 1.82) is 0 Å². The smallest absolute Gasteiger partial charge is 0.127 e. The molecule has 1 aromatic rings. The second-order valence-electron chi connectivity index (χ2n) is 2.67. The van der Waals surface area contributed by atoms with E-state index in [1.54, 1.807) is 0 Å². The van der Waals surface area contributed by atoms with Crippen molar-refractivity contribution in [3.8, 4) is 0 Å². The maximum Gasteiger partial charge on any atom is 0.127 e. The quantitative estimate of drug-likeness (QED) is 0.510. The predicted octanol–water partition coefficient (Wildman–Crippen LogP) is 2.18. The average Bonchev–Trinajstić information content (AvgIpc) is 2.03. The van der Waals surface area contributed by atoms with E-state index in [1.165, 1.54) is 0 Å². The van der Waals surface area contributed by atoms with Crippen LogP contribution in [-0.2, 0) is 4.79 Å². The number of carbonyl (C=O) groups is 1. The van der Waals surface area contributed by atoms with E-state index >= 15 is 0 Å². The standard InChI is InChI=1S/C9H10INO/c1-6(5-12)9-7(10)3-2-4-8(9)11/h2-6H,11H2,1H3. The van der Waals surface area contributed by atoms with E-state index < -0.39 is 0 Å². The topological polar surface area (TPSA) is 43.1 Å². The van der Waals surface area contributed by atoms with Gasteiger partial charge in [0.1, 0.15) is 6.29 Å². The highest BCUT2D eigenvalue weighted by Gasteiger charge is 2.10. The minimum atomic E-state index is -0.113. The minimum absolute atomic E-state index is 0.113. The van der Waals surface area contributed by atoms with Gasteiger partial charge in [0, 0.05) is 15.2 Å². The molecule has 2 nitrogen and oxygen atoms in total. The highest BCUT2D eigenvalue weighted by Crippen LogP contribution is 2.25. The summed E-state index contributed by atoms with van der Waals surface area (Å²) in [5, 5.41) is 0. The summed E-state index contributed by atoms with van der Waals surface area (Å²) >= 11 is 2.19. The van der Waals surface area contributed by atoms with Crippen molar-refractivity contribution in [3.63, 3.8) is 0 Å². The molecule has 0 heterocycles. The van der Waals surface area contributed by atoms with Gasteiger partial charge in [-0.05, 0) is 40.3 Å². The van der Waals surface area contributed by atoms with Gasteiger partial charge in [-0.2, -0.15) is 0 Å². The van der Waals surface area contributed by atoms with Gasteiger partial charge < -0.3 is 10.5 Å². The van der Waals surface area contributed by atoms with E-state index in [1.807, 2.05) is 25.1 Å². The molecule has 1 aromatic carbocycles. The Morgan fingerprint density at radius 1 is 1.58 bits per heavy atom. The van der Waals surface area contributed by atoms with E-state index in [9.17, 15) is 4.79 Å². The molecule has 0 saturated heterocycles. The molecule has 3 heteroatoms. The number of rotatable bonds is 2. The highest BCUT2D eigenvalue weighted by molar-refractivity contribution is 14.1. The fraction of sp³-hybridized carbons (Fsp3) is 0.222. The van der Waals surface area contributed by atoms with Gasteiger partial charge >= 0.3 is 0 Å². The van der Waals surface area contributed by atoms with Gasteiger partial charge in [-0.1, -0.05) is 13.0 Å². The molecule has 1 unspecified atom stereocenters. The van der Waals surface area contributed by atoms with Crippen LogP contribution in [0, 0.1) is 3.57 Å². The molecular formula is C9H10INO. The lowest BCUT2D eigenvalue weighted by molar-refractivity contribution is -0.108. The Bertz CT molecular complexity index is 278. The second kappa shape index (κ2) is 3.89. The molecule has 1 atom stereocenters. The van der Waals surface area contributed by atoms with E-state index in [2.05, 4.69) is 22.6 Å². The van der Waals surface area contributed by atoms with E-state index in [0.29, 0.717) is 5.69 Å². The molecule has 64 valence electrons. The van der Waals surface area contributed by atoms with Crippen LogP contribution in [0.5, 0.6) is 0 Å². The van der Waals surface area contributed by atoms with Crippen LogP contribution in [0.25, 0.3) is 0 Å². The predicted molar refractivity (Wildman–Crippen MR) is 58.1 cm³/mol. The molecule has 0 radical (unpaired) electrons. The number of anilines is 1. The van der Waals surface area contributed by atoms with Crippen LogP contribution in [0.1, 0.15) is 18.4 Å². The zero-order valence-electron chi connectivity index (χ0n) is 6.75. The van der Waals surface area contributed by atoms with Crippen molar-refractivity contribution >= 4 is 34.6 Å². The molecule has 2 N–H and O–H groups in total. The van der Waals surface area contributed by atoms with Crippen molar-refractivity contribution in [3.05, 3.63) is 27.3 Å². The first-order valence-electron chi connectivity index (χ1n) is 3.66. The maximum atomic E-state index is 10.6. The van der Waals surface area contributed by atoms with Crippen LogP contribution in [0.15, 0.2) is 18.2 Å². The van der Waals surface area contributed by atoms with Crippen LogP contribution in [-0.4, -0.2) is 6.29 Å². The summed E-state index contributed by atoms with van der Waals surface area (Å²) in [6, 6.07) is 5.65. The zero-order chi connectivity index (χ0) is 9.14. The second-order valence-corrected chi connectivity index (χ2v) is 3.83. The Balaban J connectivity index is 3.20. The fourth-order valence-electron chi connectivity index (χ4n) is 1.10. The molecule has 0 aliphatic heterocycles. The summed E-state index contributed by atoms with van der Waals surface area (Å²) in [6.07, 6.45) is 0.911. The minimum Gasteiger partial charge on any atom is -0.398 e. The summed E-state index contributed by atoms with van der Waals surface area (Å²) in [5.41, 5.74) is 7.37. The van der Waals surface area contributed by atoms with Crippen molar-refractivity contribution < 1.29 is 4.79 Å². The van der Waals surface area contributed by atoms with E-state index in [0.717, 1.165) is 15.4 Å². The first-order chi connectivity index (χ1) is 5.66. The average molecular weight is 275 g/mol. The fourth-order valence-corrected chi connectivity index (χ4v) is 2.11. The first kappa shape index (κ1) is 9.51. The molecule has 0 saturated carbocycles. The third-order valence-electron chi connectivity index (χ3n) is 1.75. The molecule has 0 bridgehead atoms. The third kappa shape index (κ3) is 1.77. The lowest BCUT2D eigenvalue weighted by atomic mass is 10.0. The van der Waals surface area contributed by atoms with Gasteiger partial charge in [-0.25, -0.2) is 0 Å². The summed E-state index contributed by atoms with van der Waals surface area (Å²) in [4.78, 5) is 10.6. The molecule has 0 aromatic heterocycles. The first-order valence-corrected chi connectivity index (χ1v) is 4.74. The van der Waals surface area contributed by atoms with Crippen LogP contribution >= 0.6 is 22.6 Å². The van der Waals surface area contributed by atoms with E-state index in [4.69, 9.17) is 5.73 Å².